The number of nitrogens with one attached hydrogen (secondary N) is 3. The highest BCUT2D eigenvalue weighted by Crippen LogP contribution is 2.31. The van der Waals surface area contributed by atoms with Gasteiger partial charge in [0, 0.05) is 13.0 Å². The minimum absolute atomic E-state index is 0.0162. The molecular weight excluding hydrogens is 476 g/mol. The Hall–Kier alpha value is -3.19. The lowest BCUT2D eigenvalue weighted by molar-refractivity contribution is -0.141. The van der Waals surface area contributed by atoms with Crippen LogP contribution in [0.15, 0.2) is 54.6 Å². The topological polar surface area (TPSA) is 90.5 Å². The summed E-state index contributed by atoms with van der Waals surface area (Å²) < 4.78 is 0. The van der Waals surface area contributed by atoms with Crippen molar-refractivity contribution in [2.45, 2.75) is 90.9 Å². The molecule has 1 unspecified atom stereocenters. The molecule has 1 heterocycles. The highest BCUT2D eigenvalue weighted by atomic mass is 16.2. The third kappa shape index (κ3) is 7.90. The number of likely N-dealkylation sites (N-methyl/N-ethyl adjacent to an activating group) is 1. The summed E-state index contributed by atoms with van der Waals surface area (Å²) in [6.45, 7) is 10.3. The molecule has 38 heavy (non-hydrogen) atoms. The van der Waals surface area contributed by atoms with Crippen molar-refractivity contribution in [3.05, 3.63) is 71.3 Å². The number of fused-ring (bicyclic) bond motifs is 1. The van der Waals surface area contributed by atoms with Gasteiger partial charge in [-0.3, -0.25) is 14.4 Å². The van der Waals surface area contributed by atoms with Crippen LogP contribution < -0.4 is 16.0 Å². The Morgan fingerprint density at radius 2 is 1.61 bits per heavy atom. The van der Waals surface area contributed by atoms with Crippen molar-refractivity contribution in [2.24, 2.45) is 0 Å². The molecule has 1 fully saturated rings. The van der Waals surface area contributed by atoms with Crippen molar-refractivity contribution in [1.29, 1.82) is 0 Å². The number of rotatable bonds is 8. The number of benzene rings is 2. The third-order valence-electron chi connectivity index (χ3n) is 7.01. The van der Waals surface area contributed by atoms with Crippen LogP contribution in [0.3, 0.4) is 0 Å². The molecule has 1 aliphatic carbocycles. The van der Waals surface area contributed by atoms with Gasteiger partial charge in [0.05, 0.1) is 12.1 Å². The molecule has 3 amide bonds. The first-order chi connectivity index (χ1) is 18.5. The normalized spacial score (nSPS) is 19.1. The summed E-state index contributed by atoms with van der Waals surface area (Å²) in [6, 6.07) is 16.2. The predicted molar refractivity (Wildman–Crippen MR) is 154 cm³/mol. The van der Waals surface area contributed by atoms with Crippen LogP contribution in [0.25, 0.3) is 0 Å². The van der Waals surface area contributed by atoms with Crippen molar-refractivity contribution in [3.63, 3.8) is 0 Å². The number of aryl methyl sites for hydroxylation is 1. The number of nitrogens with zero attached hydrogens (tertiary/aromatic N) is 1. The Bertz CT molecular complexity index is 1030. The molecule has 2 aromatic carbocycles. The first-order valence-corrected chi connectivity index (χ1v) is 14.2. The first-order valence-electron chi connectivity index (χ1n) is 14.2. The molecule has 2 aromatic rings. The summed E-state index contributed by atoms with van der Waals surface area (Å²) in [5.74, 6) is -0.551. The smallest absolute Gasteiger partial charge is 0.246 e. The highest BCUT2D eigenvalue weighted by Gasteiger charge is 2.39. The number of likely N-dealkylation sites (tertiary alicyclic amines) is 1. The zero-order valence-corrected chi connectivity index (χ0v) is 23.9. The summed E-state index contributed by atoms with van der Waals surface area (Å²) in [7, 11) is 1.71. The van der Waals surface area contributed by atoms with Crippen molar-refractivity contribution in [3.8, 4) is 0 Å². The average molecular weight is 523 g/mol. The molecule has 0 aromatic heterocycles. The molecule has 1 aliphatic heterocycles. The predicted octanol–water partition coefficient (Wildman–Crippen LogP) is 4.17. The fourth-order valence-corrected chi connectivity index (χ4v) is 4.96. The molecule has 4 atom stereocenters. The van der Waals surface area contributed by atoms with Gasteiger partial charge in [-0.05, 0) is 56.3 Å². The zero-order valence-electron chi connectivity index (χ0n) is 23.9. The molecule has 2 aliphatic rings. The largest absolute Gasteiger partial charge is 0.347 e. The maximum absolute atomic E-state index is 13.7. The van der Waals surface area contributed by atoms with Crippen molar-refractivity contribution < 1.29 is 14.4 Å². The van der Waals surface area contributed by atoms with Crippen LogP contribution in [0.1, 0.15) is 76.6 Å². The number of carbonyl (C=O) groups is 3. The van der Waals surface area contributed by atoms with Crippen molar-refractivity contribution in [2.75, 3.05) is 13.6 Å². The van der Waals surface area contributed by atoms with E-state index >= 15 is 0 Å². The Morgan fingerprint density at radius 1 is 0.947 bits per heavy atom. The average Bonchev–Trinajstić information content (AvgIpc) is 3.62. The third-order valence-corrected chi connectivity index (χ3v) is 7.01. The van der Waals surface area contributed by atoms with E-state index in [1.807, 2.05) is 70.2 Å². The Balaban J connectivity index is 0.00000121. The van der Waals surface area contributed by atoms with Gasteiger partial charge in [0.15, 0.2) is 0 Å². The number of amides is 3. The van der Waals surface area contributed by atoms with E-state index < -0.39 is 18.1 Å². The molecule has 0 saturated carbocycles. The number of hydrogen-bond acceptors (Lipinski definition) is 4. The van der Waals surface area contributed by atoms with Gasteiger partial charge in [-0.15, -0.1) is 0 Å². The molecule has 1 saturated heterocycles. The van der Waals surface area contributed by atoms with E-state index in [9.17, 15) is 14.4 Å². The molecule has 0 bridgehead atoms. The second kappa shape index (κ2) is 15.9. The molecule has 7 heteroatoms. The molecule has 208 valence electrons. The number of hydrogen-bond donors (Lipinski definition) is 3. The maximum atomic E-state index is 13.7. The van der Waals surface area contributed by atoms with E-state index in [1.54, 1.807) is 18.9 Å². The monoisotopic (exact) mass is 522 g/mol. The first kappa shape index (κ1) is 31.0. The summed E-state index contributed by atoms with van der Waals surface area (Å²) in [4.78, 5) is 41.2. The molecule has 3 N–H and O–H groups in total. The van der Waals surface area contributed by atoms with E-state index in [2.05, 4.69) is 28.1 Å². The van der Waals surface area contributed by atoms with Crippen LogP contribution in [0.4, 0.5) is 0 Å². The van der Waals surface area contributed by atoms with Gasteiger partial charge >= 0.3 is 0 Å². The SMILES string of the molecule is CC.CC.CN[C@@H](C)C(=O)N[C@@H](Cc1ccccc1)C(=O)N1CCC[C@@H]1C(=O)NC1CCc2ccccc21. The minimum atomic E-state index is -0.730. The minimum Gasteiger partial charge on any atom is -0.347 e. The van der Waals surface area contributed by atoms with E-state index in [4.69, 9.17) is 0 Å². The summed E-state index contributed by atoms with van der Waals surface area (Å²) in [5, 5.41) is 9.02. The highest BCUT2D eigenvalue weighted by molar-refractivity contribution is 5.93. The summed E-state index contributed by atoms with van der Waals surface area (Å²) in [5.41, 5.74) is 3.40. The summed E-state index contributed by atoms with van der Waals surface area (Å²) in [6.07, 6.45) is 3.60. The fraction of sp³-hybridized carbons (Fsp3) is 0.516. The lowest BCUT2D eigenvalue weighted by atomic mass is 10.0. The molecule has 4 rings (SSSR count). The lowest BCUT2D eigenvalue weighted by Crippen LogP contribution is -2.56. The van der Waals surface area contributed by atoms with Crippen LogP contribution in [-0.2, 0) is 27.2 Å². The van der Waals surface area contributed by atoms with Gasteiger partial charge < -0.3 is 20.9 Å². The van der Waals surface area contributed by atoms with Gasteiger partial charge in [-0.1, -0.05) is 82.3 Å². The fourth-order valence-electron chi connectivity index (χ4n) is 4.96. The molecule has 7 nitrogen and oxygen atoms in total. The van der Waals surface area contributed by atoms with Gasteiger partial charge in [-0.2, -0.15) is 0 Å². The number of carbonyl (C=O) groups excluding carboxylic acids is 3. The zero-order chi connectivity index (χ0) is 28.1. The van der Waals surface area contributed by atoms with Crippen LogP contribution in [0.5, 0.6) is 0 Å². The van der Waals surface area contributed by atoms with Gasteiger partial charge in [0.1, 0.15) is 12.1 Å². The van der Waals surface area contributed by atoms with E-state index in [1.165, 1.54) is 11.1 Å². The Morgan fingerprint density at radius 3 is 2.29 bits per heavy atom. The molecule has 0 spiro atoms. The maximum Gasteiger partial charge on any atom is 0.246 e. The Labute approximate surface area is 228 Å². The van der Waals surface area contributed by atoms with Gasteiger partial charge in [-0.25, -0.2) is 0 Å². The second-order valence-corrected chi connectivity index (χ2v) is 9.25. The molecular formula is C31H46N4O3. The van der Waals surface area contributed by atoms with E-state index in [-0.39, 0.29) is 23.8 Å². The Kier molecular flexibility index (Phi) is 13.0. The van der Waals surface area contributed by atoms with Crippen LogP contribution in [0.2, 0.25) is 0 Å². The molecule has 0 radical (unpaired) electrons. The van der Waals surface area contributed by atoms with Gasteiger partial charge in [0.25, 0.3) is 0 Å². The van der Waals surface area contributed by atoms with E-state index in [0.29, 0.717) is 19.4 Å². The summed E-state index contributed by atoms with van der Waals surface area (Å²) >= 11 is 0. The lowest BCUT2D eigenvalue weighted by Gasteiger charge is -2.30. The van der Waals surface area contributed by atoms with Crippen LogP contribution in [-0.4, -0.2) is 54.3 Å². The van der Waals surface area contributed by atoms with Crippen LogP contribution >= 0.6 is 0 Å². The quantitative estimate of drug-likeness (QED) is 0.485. The second-order valence-electron chi connectivity index (χ2n) is 9.25. The van der Waals surface area contributed by atoms with Crippen molar-refractivity contribution >= 4 is 17.7 Å². The van der Waals surface area contributed by atoms with Crippen molar-refractivity contribution in [1.82, 2.24) is 20.9 Å². The van der Waals surface area contributed by atoms with Gasteiger partial charge in [0.2, 0.25) is 17.7 Å². The standard InChI is InChI=1S/C27H34N4O3.2C2H6/c1-18(28-2)25(32)30-23(17-19-9-4-3-5-10-19)27(34)31-16-8-13-24(31)26(33)29-22-15-14-20-11-6-7-12-21(20)22;2*1-2/h3-7,9-12,18,22-24,28H,8,13-17H2,1-2H3,(H,29,33)(H,30,32);2*1-2H3/t18-,22?,23-,24+;;/m0../s1. The van der Waals surface area contributed by atoms with Crippen LogP contribution in [0, 0.1) is 0 Å². The van der Waals surface area contributed by atoms with E-state index in [0.717, 1.165) is 24.8 Å².